The van der Waals surface area contributed by atoms with Gasteiger partial charge in [-0.1, -0.05) is 23.7 Å². The van der Waals surface area contributed by atoms with Gasteiger partial charge in [-0.2, -0.15) is 0 Å². The summed E-state index contributed by atoms with van der Waals surface area (Å²) in [7, 11) is 0. The van der Waals surface area contributed by atoms with Crippen molar-refractivity contribution in [3.8, 4) is 0 Å². The number of nitrogens with zero attached hydrogens (tertiary/aromatic N) is 2. The van der Waals surface area contributed by atoms with Gasteiger partial charge in [0.15, 0.2) is 0 Å². The van der Waals surface area contributed by atoms with Gasteiger partial charge >= 0.3 is 0 Å². The van der Waals surface area contributed by atoms with E-state index in [-0.39, 0.29) is 0 Å². The lowest BCUT2D eigenvalue weighted by Gasteiger charge is -2.08. The average molecular weight is 325 g/mol. The number of alkyl halides is 1. The van der Waals surface area contributed by atoms with Gasteiger partial charge in [0.2, 0.25) is 0 Å². The smallest absolute Gasteiger partial charge is 0.111 e. The van der Waals surface area contributed by atoms with Crippen molar-refractivity contribution in [2.75, 3.05) is 5.88 Å². The second-order valence-corrected chi connectivity index (χ2v) is 6.37. The molecular formula is C15H14Cl2N2S. The SMILES string of the molecule is ClCCc1nc2cccc(Cl)c2n1CCc1cccs1. The largest absolute Gasteiger partial charge is 0.326 e. The van der Waals surface area contributed by atoms with Crippen molar-refractivity contribution in [2.45, 2.75) is 19.4 Å². The summed E-state index contributed by atoms with van der Waals surface area (Å²) in [6.45, 7) is 0.882. The summed E-state index contributed by atoms with van der Waals surface area (Å²) in [6.07, 6.45) is 1.75. The number of aromatic nitrogens is 2. The average Bonchev–Trinajstić information content (AvgIpc) is 3.05. The molecule has 2 aromatic heterocycles. The maximum atomic E-state index is 6.35. The first kappa shape index (κ1) is 13.9. The van der Waals surface area contributed by atoms with Crippen molar-refractivity contribution in [1.29, 1.82) is 0 Å². The van der Waals surface area contributed by atoms with Crippen LogP contribution >= 0.6 is 34.5 Å². The topological polar surface area (TPSA) is 17.8 Å². The first-order chi connectivity index (χ1) is 9.79. The molecule has 0 fully saturated rings. The molecule has 0 aliphatic carbocycles. The van der Waals surface area contributed by atoms with Gasteiger partial charge in [0.25, 0.3) is 0 Å². The minimum Gasteiger partial charge on any atom is -0.326 e. The zero-order chi connectivity index (χ0) is 13.9. The molecule has 2 heterocycles. The summed E-state index contributed by atoms with van der Waals surface area (Å²) in [6, 6.07) is 10.1. The van der Waals surface area contributed by atoms with Gasteiger partial charge in [-0.05, 0) is 30.0 Å². The number of imidazole rings is 1. The van der Waals surface area contributed by atoms with Gasteiger partial charge in [-0.3, -0.25) is 0 Å². The summed E-state index contributed by atoms with van der Waals surface area (Å²) in [5.74, 6) is 1.58. The van der Waals surface area contributed by atoms with Crippen molar-refractivity contribution in [3.05, 3.63) is 51.4 Å². The molecule has 0 amide bonds. The van der Waals surface area contributed by atoms with Gasteiger partial charge in [0, 0.05) is 23.7 Å². The van der Waals surface area contributed by atoms with E-state index in [0.717, 1.165) is 41.3 Å². The van der Waals surface area contributed by atoms with E-state index in [0.29, 0.717) is 5.88 Å². The van der Waals surface area contributed by atoms with Crippen LogP contribution in [0.4, 0.5) is 0 Å². The van der Waals surface area contributed by atoms with E-state index in [1.165, 1.54) is 4.88 Å². The van der Waals surface area contributed by atoms with Crippen molar-refractivity contribution in [2.24, 2.45) is 0 Å². The van der Waals surface area contributed by atoms with E-state index < -0.39 is 0 Å². The summed E-state index contributed by atoms with van der Waals surface area (Å²) in [5, 5.41) is 2.86. The quantitative estimate of drug-likeness (QED) is 0.618. The van der Waals surface area contributed by atoms with Crippen LogP contribution in [0.25, 0.3) is 11.0 Å². The van der Waals surface area contributed by atoms with Crippen LogP contribution in [0.5, 0.6) is 0 Å². The second-order valence-electron chi connectivity index (χ2n) is 4.56. The normalized spacial score (nSPS) is 11.3. The Labute approximate surface area is 132 Å². The lowest BCUT2D eigenvalue weighted by molar-refractivity contribution is 0.679. The molecule has 20 heavy (non-hydrogen) atoms. The third-order valence-electron chi connectivity index (χ3n) is 3.28. The fraction of sp³-hybridized carbons (Fsp3) is 0.267. The van der Waals surface area contributed by atoms with E-state index in [1.54, 1.807) is 11.3 Å². The summed E-state index contributed by atoms with van der Waals surface area (Å²) in [4.78, 5) is 6.03. The number of hydrogen-bond acceptors (Lipinski definition) is 2. The van der Waals surface area contributed by atoms with Crippen LogP contribution in [0.3, 0.4) is 0 Å². The molecule has 0 saturated heterocycles. The Morgan fingerprint density at radius 3 is 2.80 bits per heavy atom. The lowest BCUT2D eigenvalue weighted by atomic mass is 10.3. The van der Waals surface area contributed by atoms with Crippen LogP contribution in [-0.2, 0) is 19.4 Å². The highest BCUT2D eigenvalue weighted by molar-refractivity contribution is 7.09. The first-order valence-electron chi connectivity index (χ1n) is 6.51. The minimum absolute atomic E-state index is 0.569. The zero-order valence-corrected chi connectivity index (χ0v) is 13.2. The number of fused-ring (bicyclic) bond motifs is 1. The van der Waals surface area contributed by atoms with Crippen molar-refractivity contribution in [3.63, 3.8) is 0 Å². The Balaban J connectivity index is 1.99. The third kappa shape index (κ3) is 2.71. The number of benzene rings is 1. The molecule has 0 aliphatic heterocycles. The van der Waals surface area contributed by atoms with E-state index in [1.807, 2.05) is 18.2 Å². The molecule has 104 valence electrons. The highest BCUT2D eigenvalue weighted by atomic mass is 35.5. The van der Waals surface area contributed by atoms with Crippen LogP contribution in [0.1, 0.15) is 10.7 Å². The molecule has 3 aromatic rings. The Bertz CT molecular complexity index is 704. The van der Waals surface area contributed by atoms with E-state index >= 15 is 0 Å². The van der Waals surface area contributed by atoms with Gasteiger partial charge in [-0.25, -0.2) is 4.98 Å². The Kier molecular flexibility index (Phi) is 4.29. The second kappa shape index (κ2) is 6.17. The van der Waals surface area contributed by atoms with E-state index in [9.17, 15) is 0 Å². The molecule has 1 aromatic carbocycles. The molecule has 2 nitrogen and oxygen atoms in total. The minimum atomic E-state index is 0.569. The van der Waals surface area contributed by atoms with Gasteiger partial charge in [-0.15, -0.1) is 22.9 Å². The summed E-state index contributed by atoms with van der Waals surface area (Å²) < 4.78 is 2.21. The predicted molar refractivity (Wildman–Crippen MR) is 87.2 cm³/mol. The van der Waals surface area contributed by atoms with Crippen LogP contribution in [0.15, 0.2) is 35.7 Å². The van der Waals surface area contributed by atoms with Crippen molar-refractivity contribution < 1.29 is 0 Å². The van der Waals surface area contributed by atoms with Crippen LogP contribution in [-0.4, -0.2) is 15.4 Å². The fourth-order valence-electron chi connectivity index (χ4n) is 2.38. The molecule has 0 unspecified atom stereocenters. The maximum absolute atomic E-state index is 6.35. The van der Waals surface area contributed by atoms with Crippen molar-refractivity contribution in [1.82, 2.24) is 9.55 Å². The zero-order valence-electron chi connectivity index (χ0n) is 10.9. The number of rotatable bonds is 5. The molecule has 0 saturated carbocycles. The number of halogens is 2. The molecule has 0 radical (unpaired) electrons. The molecule has 0 bridgehead atoms. The molecule has 0 spiro atoms. The van der Waals surface area contributed by atoms with Gasteiger partial charge < -0.3 is 4.57 Å². The fourth-order valence-corrected chi connectivity index (χ4v) is 3.52. The number of para-hydroxylation sites is 1. The van der Waals surface area contributed by atoms with Crippen LogP contribution < -0.4 is 0 Å². The van der Waals surface area contributed by atoms with E-state index in [4.69, 9.17) is 23.2 Å². The van der Waals surface area contributed by atoms with E-state index in [2.05, 4.69) is 27.1 Å². The van der Waals surface area contributed by atoms with Gasteiger partial charge in [0.1, 0.15) is 5.82 Å². The van der Waals surface area contributed by atoms with Crippen LogP contribution in [0.2, 0.25) is 5.02 Å². The maximum Gasteiger partial charge on any atom is 0.111 e. The van der Waals surface area contributed by atoms with Gasteiger partial charge in [0.05, 0.1) is 16.1 Å². The summed E-state index contributed by atoms with van der Waals surface area (Å²) in [5.41, 5.74) is 1.97. The third-order valence-corrected chi connectivity index (χ3v) is 4.71. The number of thiophene rings is 1. The Morgan fingerprint density at radius 2 is 2.05 bits per heavy atom. The Hall–Kier alpha value is -1.03. The Morgan fingerprint density at radius 1 is 1.15 bits per heavy atom. The van der Waals surface area contributed by atoms with Crippen LogP contribution in [0, 0.1) is 0 Å². The standard InChI is InChI=1S/C15H14Cl2N2S/c16-8-6-14-18-13-5-1-4-12(17)15(13)19(14)9-7-11-3-2-10-20-11/h1-5,10H,6-9H2. The monoisotopic (exact) mass is 324 g/mol. The van der Waals surface area contributed by atoms with Crippen molar-refractivity contribution >= 4 is 45.6 Å². The summed E-state index contributed by atoms with van der Waals surface area (Å²) >= 11 is 14.0. The first-order valence-corrected chi connectivity index (χ1v) is 8.31. The lowest BCUT2D eigenvalue weighted by Crippen LogP contribution is -2.06. The number of aryl methyl sites for hydroxylation is 3. The molecule has 0 aliphatic rings. The number of hydrogen-bond donors (Lipinski definition) is 0. The molecular weight excluding hydrogens is 311 g/mol. The molecule has 0 N–H and O–H groups in total. The molecule has 3 rings (SSSR count). The molecule has 0 atom stereocenters. The predicted octanol–water partition coefficient (Wildman–Crippen LogP) is 4.78. The highest BCUT2D eigenvalue weighted by Crippen LogP contribution is 2.25. The highest BCUT2D eigenvalue weighted by Gasteiger charge is 2.13. The molecule has 5 heteroatoms.